The van der Waals surface area contributed by atoms with E-state index in [2.05, 4.69) is 5.32 Å². The summed E-state index contributed by atoms with van der Waals surface area (Å²) in [6.07, 6.45) is 3.63. The number of rotatable bonds is 4. The van der Waals surface area contributed by atoms with E-state index in [1.54, 1.807) is 18.2 Å². The molecule has 1 fully saturated rings. The highest BCUT2D eigenvalue weighted by Gasteiger charge is 2.24. The molecule has 0 saturated heterocycles. The standard InChI is InChI=1S/C13H17ClN2O/c1-8(7-9-5-6-9)16-13(17)10-3-2-4-11(15)12(10)14/h2-4,8-9H,5-7,15H2,1H3,(H,16,17). The summed E-state index contributed by atoms with van der Waals surface area (Å²) in [5.41, 5.74) is 6.56. The second-order valence-electron chi connectivity index (χ2n) is 4.76. The van der Waals surface area contributed by atoms with Gasteiger partial charge < -0.3 is 11.1 Å². The lowest BCUT2D eigenvalue weighted by atomic mass is 10.1. The van der Waals surface area contributed by atoms with E-state index in [0.717, 1.165) is 12.3 Å². The number of benzene rings is 1. The number of anilines is 1. The summed E-state index contributed by atoms with van der Waals surface area (Å²) < 4.78 is 0. The van der Waals surface area contributed by atoms with Crippen LogP contribution >= 0.6 is 11.6 Å². The van der Waals surface area contributed by atoms with Crippen molar-refractivity contribution in [3.63, 3.8) is 0 Å². The van der Waals surface area contributed by atoms with Gasteiger partial charge in [-0.15, -0.1) is 0 Å². The molecule has 1 atom stereocenters. The molecule has 1 aliphatic carbocycles. The number of nitrogens with two attached hydrogens (primary N) is 1. The molecular weight excluding hydrogens is 236 g/mol. The first-order valence-electron chi connectivity index (χ1n) is 5.92. The summed E-state index contributed by atoms with van der Waals surface area (Å²) in [6, 6.07) is 5.30. The summed E-state index contributed by atoms with van der Waals surface area (Å²) in [7, 11) is 0. The molecule has 0 aromatic heterocycles. The molecule has 3 N–H and O–H groups in total. The molecule has 1 amide bonds. The van der Waals surface area contributed by atoms with Gasteiger partial charge in [-0.3, -0.25) is 4.79 Å². The van der Waals surface area contributed by atoms with Crippen LogP contribution in [0.15, 0.2) is 18.2 Å². The third-order valence-electron chi connectivity index (χ3n) is 3.03. The Balaban J connectivity index is 2.00. The smallest absolute Gasteiger partial charge is 0.253 e. The van der Waals surface area contributed by atoms with Gasteiger partial charge in [-0.05, 0) is 31.4 Å². The maximum absolute atomic E-state index is 12.0. The molecule has 0 radical (unpaired) electrons. The topological polar surface area (TPSA) is 55.1 Å². The lowest BCUT2D eigenvalue weighted by Gasteiger charge is -2.14. The van der Waals surface area contributed by atoms with Crippen LogP contribution in [0.5, 0.6) is 0 Å². The molecular formula is C13H17ClN2O. The van der Waals surface area contributed by atoms with Crippen LogP contribution in [0.4, 0.5) is 5.69 Å². The number of hydrogen-bond donors (Lipinski definition) is 2. The Labute approximate surface area is 106 Å². The Bertz CT molecular complexity index is 429. The number of nitrogen functional groups attached to an aromatic ring is 1. The molecule has 2 rings (SSSR count). The van der Waals surface area contributed by atoms with Crippen molar-refractivity contribution >= 4 is 23.2 Å². The van der Waals surface area contributed by atoms with Gasteiger partial charge in [-0.25, -0.2) is 0 Å². The van der Waals surface area contributed by atoms with E-state index in [1.807, 2.05) is 6.92 Å². The zero-order chi connectivity index (χ0) is 12.4. The number of amides is 1. The maximum atomic E-state index is 12.0. The van der Waals surface area contributed by atoms with Crippen molar-refractivity contribution in [2.45, 2.75) is 32.2 Å². The van der Waals surface area contributed by atoms with Crippen LogP contribution < -0.4 is 11.1 Å². The van der Waals surface area contributed by atoms with Gasteiger partial charge in [0.2, 0.25) is 0 Å². The predicted octanol–water partition coefficient (Wildman–Crippen LogP) is 2.84. The Morgan fingerprint density at radius 3 is 2.94 bits per heavy atom. The van der Waals surface area contributed by atoms with Crippen molar-refractivity contribution in [2.75, 3.05) is 5.73 Å². The molecule has 0 heterocycles. The van der Waals surface area contributed by atoms with E-state index in [9.17, 15) is 4.79 Å². The van der Waals surface area contributed by atoms with Gasteiger partial charge in [0.05, 0.1) is 16.3 Å². The molecule has 1 unspecified atom stereocenters. The van der Waals surface area contributed by atoms with Crippen LogP contribution in [0.25, 0.3) is 0 Å². The molecule has 1 saturated carbocycles. The molecule has 3 nitrogen and oxygen atoms in total. The minimum absolute atomic E-state index is 0.143. The van der Waals surface area contributed by atoms with E-state index in [0.29, 0.717) is 16.3 Å². The Hall–Kier alpha value is -1.22. The lowest BCUT2D eigenvalue weighted by molar-refractivity contribution is 0.0937. The summed E-state index contributed by atoms with van der Waals surface area (Å²) in [5, 5.41) is 3.29. The van der Waals surface area contributed by atoms with Crippen molar-refractivity contribution in [1.82, 2.24) is 5.32 Å². The Kier molecular flexibility index (Phi) is 3.57. The lowest BCUT2D eigenvalue weighted by Crippen LogP contribution is -2.33. The summed E-state index contributed by atoms with van der Waals surface area (Å²) in [6.45, 7) is 2.02. The van der Waals surface area contributed by atoms with Crippen molar-refractivity contribution in [3.05, 3.63) is 28.8 Å². The van der Waals surface area contributed by atoms with E-state index in [1.165, 1.54) is 12.8 Å². The molecule has 4 heteroatoms. The van der Waals surface area contributed by atoms with E-state index >= 15 is 0 Å². The van der Waals surface area contributed by atoms with Crippen LogP contribution in [0.1, 0.15) is 36.5 Å². The summed E-state index contributed by atoms with van der Waals surface area (Å²) >= 11 is 6.00. The molecule has 0 aliphatic heterocycles. The van der Waals surface area contributed by atoms with Crippen LogP contribution in [-0.4, -0.2) is 11.9 Å². The maximum Gasteiger partial charge on any atom is 0.253 e. The van der Waals surface area contributed by atoms with Gasteiger partial charge in [-0.1, -0.05) is 30.5 Å². The van der Waals surface area contributed by atoms with Gasteiger partial charge in [0.25, 0.3) is 5.91 Å². The van der Waals surface area contributed by atoms with Gasteiger partial charge >= 0.3 is 0 Å². The van der Waals surface area contributed by atoms with Crippen molar-refractivity contribution < 1.29 is 4.79 Å². The summed E-state index contributed by atoms with van der Waals surface area (Å²) in [5.74, 6) is 0.650. The largest absolute Gasteiger partial charge is 0.398 e. The van der Waals surface area contributed by atoms with Crippen molar-refractivity contribution in [3.8, 4) is 0 Å². The number of carbonyl (C=O) groups is 1. The minimum Gasteiger partial charge on any atom is -0.398 e. The predicted molar refractivity (Wildman–Crippen MR) is 70.1 cm³/mol. The zero-order valence-corrected chi connectivity index (χ0v) is 10.6. The third-order valence-corrected chi connectivity index (χ3v) is 3.46. The first-order valence-corrected chi connectivity index (χ1v) is 6.30. The number of nitrogens with one attached hydrogen (secondary N) is 1. The van der Waals surface area contributed by atoms with Crippen molar-refractivity contribution in [2.24, 2.45) is 5.92 Å². The fourth-order valence-corrected chi connectivity index (χ4v) is 2.15. The highest BCUT2D eigenvalue weighted by atomic mass is 35.5. The van der Waals surface area contributed by atoms with E-state index in [4.69, 9.17) is 17.3 Å². The number of carbonyl (C=O) groups excluding carboxylic acids is 1. The molecule has 0 spiro atoms. The van der Waals surface area contributed by atoms with Gasteiger partial charge in [0.15, 0.2) is 0 Å². The fraction of sp³-hybridized carbons (Fsp3) is 0.462. The van der Waals surface area contributed by atoms with Crippen LogP contribution in [0.2, 0.25) is 5.02 Å². The zero-order valence-electron chi connectivity index (χ0n) is 9.87. The third kappa shape index (κ3) is 3.13. The number of hydrogen-bond acceptors (Lipinski definition) is 2. The average Bonchev–Trinajstić information content (AvgIpc) is 3.05. The second-order valence-corrected chi connectivity index (χ2v) is 5.14. The number of halogens is 1. The van der Waals surface area contributed by atoms with Crippen LogP contribution in [0, 0.1) is 5.92 Å². The minimum atomic E-state index is -0.143. The molecule has 92 valence electrons. The summed E-state index contributed by atoms with van der Waals surface area (Å²) in [4.78, 5) is 12.0. The first kappa shape index (κ1) is 12.2. The normalized spacial score (nSPS) is 16.6. The Morgan fingerprint density at radius 1 is 1.59 bits per heavy atom. The molecule has 1 aromatic carbocycles. The van der Waals surface area contributed by atoms with E-state index in [-0.39, 0.29) is 11.9 Å². The Morgan fingerprint density at radius 2 is 2.29 bits per heavy atom. The fourth-order valence-electron chi connectivity index (χ4n) is 1.94. The highest BCUT2D eigenvalue weighted by Crippen LogP contribution is 2.33. The van der Waals surface area contributed by atoms with Crippen LogP contribution in [0.3, 0.4) is 0 Å². The van der Waals surface area contributed by atoms with Gasteiger partial charge in [0.1, 0.15) is 0 Å². The average molecular weight is 253 g/mol. The quantitative estimate of drug-likeness (QED) is 0.810. The van der Waals surface area contributed by atoms with Crippen LogP contribution in [-0.2, 0) is 0 Å². The molecule has 17 heavy (non-hydrogen) atoms. The second kappa shape index (κ2) is 4.96. The first-order chi connectivity index (χ1) is 8.08. The molecule has 1 aliphatic rings. The SMILES string of the molecule is CC(CC1CC1)NC(=O)c1cccc(N)c1Cl. The van der Waals surface area contributed by atoms with Crippen molar-refractivity contribution in [1.29, 1.82) is 0 Å². The van der Waals surface area contributed by atoms with E-state index < -0.39 is 0 Å². The molecule has 1 aromatic rings. The monoisotopic (exact) mass is 252 g/mol. The van der Waals surface area contributed by atoms with Gasteiger partial charge in [0, 0.05) is 6.04 Å². The van der Waals surface area contributed by atoms with Gasteiger partial charge in [-0.2, -0.15) is 0 Å². The molecule has 0 bridgehead atoms. The highest BCUT2D eigenvalue weighted by molar-refractivity contribution is 6.36.